The Morgan fingerprint density at radius 2 is 1.80 bits per heavy atom. The van der Waals surface area contributed by atoms with Gasteiger partial charge in [-0.25, -0.2) is 9.78 Å². The molecule has 0 fully saturated rings. The minimum Gasteiger partial charge on any atom is -0.475 e. The van der Waals surface area contributed by atoms with Crippen LogP contribution in [0.25, 0.3) is 0 Å². The Morgan fingerprint density at radius 1 is 1.05 bits per heavy atom. The number of carbonyl (C=O) groups excluding carboxylic acids is 1. The second kappa shape index (κ2) is 6.47. The smallest absolute Gasteiger partial charge is 0.372 e. The van der Waals surface area contributed by atoms with E-state index >= 15 is 0 Å². The molecule has 0 aliphatic rings. The van der Waals surface area contributed by atoms with Gasteiger partial charge in [0, 0.05) is 6.07 Å². The van der Waals surface area contributed by atoms with Gasteiger partial charge in [-0.15, -0.1) is 0 Å². The number of aliphatic carboxylic acids is 1. The summed E-state index contributed by atoms with van der Waals surface area (Å²) in [6, 6.07) is 14.5. The predicted octanol–water partition coefficient (Wildman–Crippen LogP) is 1.86. The maximum Gasteiger partial charge on any atom is 0.372 e. The topological polar surface area (TPSA) is 76.5 Å². The number of rotatable bonds is 6. The molecule has 1 heterocycles. The fourth-order valence-corrected chi connectivity index (χ4v) is 1.61. The summed E-state index contributed by atoms with van der Waals surface area (Å²) in [6.45, 7) is 0.365. The van der Waals surface area contributed by atoms with Gasteiger partial charge < -0.3 is 9.84 Å². The Kier molecular flexibility index (Phi) is 4.44. The van der Waals surface area contributed by atoms with E-state index in [0.29, 0.717) is 18.2 Å². The van der Waals surface area contributed by atoms with Crippen LogP contribution in [0, 0.1) is 0 Å². The highest BCUT2D eigenvalue weighted by molar-refractivity contribution is 6.33. The van der Waals surface area contributed by atoms with E-state index in [2.05, 4.69) is 4.98 Å². The predicted molar refractivity (Wildman–Crippen MR) is 71.4 cm³/mol. The second-order valence-electron chi connectivity index (χ2n) is 4.15. The van der Waals surface area contributed by atoms with Crippen LogP contribution in [-0.2, 0) is 22.6 Å². The molecule has 0 unspecified atom stereocenters. The van der Waals surface area contributed by atoms with Crippen molar-refractivity contribution >= 4 is 11.8 Å². The number of carbonyl (C=O) groups is 2. The van der Waals surface area contributed by atoms with Gasteiger partial charge >= 0.3 is 5.97 Å². The van der Waals surface area contributed by atoms with Crippen molar-refractivity contribution in [3.05, 3.63) is 59.8 Å². The van der Waals surface area contributed by atoms with Gasteiger partial charge in [0.1, 0.15) is 6.61 Å². The van der Waals surface area contributed by atoms with Crippen LogP contribution in [-0.4, -0.2) is 21.8 Å². The number of benzene rings is 1. The van der Waals surface area contributed by atoms with E-state index in [-0.39, 0.29) is 6.42 Å². The lowest BCUT2D eigenvalue weighted by molar-refractivity contribution is -0.148. The summed E-state index contributed by atoms with van der Waals surface area (Å²) in [5.41, 5.74) is 1.38. The van der Waals surface area contributed by atoms with Crippen molar-refractivity contribution in [2.24, 2.45) is 0 Å². The first-order valence-electron chi connectivity index (χ1n) is 6.04. The molecule has 0 radical (unpaired) electrons. The minimum atomic E-state index is -1.46. The number of nitrogens with zero attached hydrogens (tertiary/aromatic N) is 1. The number of aromatic nitrogens is 1. The number of carboxylic acids is 1. The normalized spacial score (nSPS) is 10.0. The quantitative estimate of drug-likeness (QED) is 0.811. The van der Waals surface area contributed by atoms with Crippen LogP contribution in [0.2, 0.25) is 0 Å². The van der Waals surface area contributed by atoms with Gasteiger partial charge in [-0.1, -0.05) is 36.4 Å². The summed E-state index contributed by atoms with van der Waals surface area (Å²) in [6.07, 6.45) is -0.238. The van der Waals surface area contributed by atoms with Gasteiger partial charge in [0.15, 0.2) is 0 Å². The Morgan fingerprint density at radius 3 is 2.50 bits per heavy atom. The van der Waals surface area contributed by atoms with Gasteiger partial charge in [0.05, 0.1) is 12.1 Å². The molecule has 2 aromatic rings. The first kappa shape index (κ1) is 13.7. The van der Waals surface area contributed by atoms with Crippen molar-refractivity contribution in [2.45, 2.75) is 13.0 Å². The third-order valence-corrected chi connectivity index (χ3v) is 2.59. The number of hydrogen-bond donors (Lipinski definition) is 1. The van der Waals surface area contributed by atoms with Crippen LogP contribution in [0.4, 0.5) is 0 Å². The average Bonchev–Trinajstić information content (AvgIpc) is 2.46. The van der Waals surface area contributed by atoms with Gasteiger partial charge in [-0.05, 0) is 11.6 Å². The fraction of sp³-hybridized carbons (Fsp3) is 0.133. The van der Waals surface area contributed by atoms with Crippen LogP contribution < -0.4 is 4.74 Å². The molecule has 1 N–H and O–H groups in total. The Labute approximate surface area is 115 Å². The number of ketones is 1. The lowest BCUT2D eigenvalue weighted by atomic mass is 10.2. The second-order valence-corrected chi connectivity index (χ2v) is 4.15. The lowest BCUT2D eigenvalue weighted by Crippen LogP contribution is -2.15. The zero-order chi connectivity index (χ0) is 14.4. The van der Waals surface area contributed by atoms with Gasteiger partial charge in [-0.3, -0.25) is 4.79 Å². The number of carboxylic acid groups (broad SMARTS) is 1. The highest BCUT2D eigenvalue weighted by atomic mass is 16.5. The minimum absolute atomic E-state index is 0.238. The summed E-state index contributed by atoms with van der Waals surface area (Å²) < 4.78 is 5.50. The maximum absolute atomic E-state index is 11.1. The molecule has 20 heavy (non-hydrogen) atoms. The summed E-state index contributed by atoms with van der Waals surface area (Å²) in [4.78, 5) is 25.7. The van der Waals surface area contributed by atoms with E-state index in [1.165, 1.54) is 0 Å². The van der Waals surface area contributed by atoms with Crippen molar-refractivity contribution < 1.29 is 19.4 Å². The molecular weight excluding hydrogens is 258 g/mol. The molecular formula is C15H13NO4. The van der Waals surface area contributed by atoms with Crippen LogP contribution in [0.15, 0.2) is 48.5 Å². The molecule has 102 valence electrons. The van der Waals surface area contributed by atoms with Crippen molar-refractivity contribution in [3.8, 4) is 5.88 Å². The molecule has 1 aromatic heterocycles. The molecule has 0 amide bonds. The summed E-state index contributed by atoms with van der Waals surface area (Å²) in [5.74, 6) is -1.98. The third-order valence-electron chi connectivity index (χ3n) is 2.59. The highest BCUT2D eigenvalue weighted by Crippen LogP contribution is 2.11. The molecule has 5 heteroatoms. The third kappa shape index (κ3) is 3.91. The molecule has 0 aliphatic carbocycles. The van der Waals surface area contributed by atoms with Crippen LogP contribution in [0.1, 0.15) is 11.3 Å². The molecule has 0 saturated carbocycles. The number of pyridine rings is 1. The standard InChI is InChI=1S/C15H13NO4/c17-13(15(18)19)9-12-7-4-8-14(16-12)20-10-11-5-2-1-3-6-11/h1-8H,9-10H2,(H,18,19). The number of Topliss-reactive ketones (excluding diaryl/α,β-unsaturated/α-hetero) is 1. The first-order valence-corrected chi connectivity index (χ1v) is 6.04. The Bertz CT molecular complexity index is 610. The molecule has 2 rings (SSSR count). The molecule has 1 aromatic carbocycles. The van der Waals surface area contributed by atoms with Crippen LogP contribution in [0.5, 0.6) is 5.88 Å². The van der Waals surface area contributed by atoms with Gasteiger partial charge in [-0.2, -0.15) is 0 Å². The Balaban J connectivity index is 1.99. The van der Waals surface area contributed by atoms with Gasteiger partial charge in [0.2, 0.25) is 11.7 Å². The van der Waals surface area contributed by atoms with Crippen molar-refractivity contribution in [2.75, 3.05) is 0 Å². The number of ether oxygens (including phenoxy) is 1. The maximum atomic E-state index is 11.1. The van der Waals surface area contributed by atoms with Crippen LogP contribution >= 0.6 is 0 Å². The first-order chi connectivity index (χ1) is 9.65. The van der Waals surface area contributed by atoms with E-state index in [1.54, 1.807) is 18.2 Å². The molecule has 0 saturated heterocycles. The van der Waals surface area contributed by atoms with E-state index in [0.717, 1.165) is 5.56 Å². The zero-order valence-corrected chi connectivity index (χ0v) is 10.7. The fourth-order valence-electron chi connectivity index (χ4n) is 1.61. The van der Waals surface area contributed by atoms with Gasteiger partial charge in [0.25, 0.3) is 0 Å². The SMILES string of the molecule is O=C(O)C(=O)Cc1cccc(OCc2ccccc2)n1. The summed E-state index contributed by atoms with van der Waals surface area (Å²) in [5, 5.41) is 8.56. The molecule has 5 nitrogen and oxygen atoms in total. The van der Waals surface area contributed by atoms with E-state index in [9.17, 15) is 9.59 Å². The summed E-state index contributed by atoms with van der Waals surface area (Å²) >= 11 is 0. The van der Waals surface area contributed by atoms with Crippen molar-refractivity contribution in [3.63, 3.8) is 0 Å². The summed E-state index contributed by atoms with van der Waals surface area (Å²) in [7, 11) is 0. The largest absolute Gasteiger partial charge is 0.475 e. The molecule has 0 spiro atoms. The van der Waals surface area contributed by atoms with Crippen molar-refractivity contribution in [1.29, 1.82) is 0 Å². The zero-order valence-electron chi connectivity index (χ0n) is 10.7. The average molecular weight is 271 g/mol. The molecule has 0 aliphatic heterocycles. The van der Waals surface area contributed by atoms with Crippen LogP contribution in [0.3, 0.4) is 0 Å². The van der Waals surface area contributed by atoms with E-state index in [4.69, 9.17) is 9.84 Å². The molecule has 0 bridgehead atoms. The highest BCUT2D eigenvalue weighted by Gasteiger charge is 2.13. The Hall–Kier alpha value is -2.69. The molecule has 0 atom stereocenters. The monoisotopic (exact) mass is 271 g/mol. The lowest BCUT2D eigenvalue weighted by Gasteiger charge is -2.06. The van der Waals surface area contributed by atoms with Crippen molar-refractivity contribution in [1.82, 2.24) is 4.98 Å². The number of hydrogen-bond acceptors (Lipinski definition) is 4. The van der Waals surface area contributed by atoms with E-state index in [1.807, 2.05) is 30.3 Å². The van der Waals surface area contributed by atoms with E-state index < -0.39 is 11.8 Å².